The smallest absolute Gasteiger partial charge is 0.326 e. The SMILES string of the molecule is O=C(Cc1ccc(F)cc1)N[C@@H](Cc1ccccc1F)C(=O)O. The number of rotatable bonds is 6. The van der Waals surface area contributed by atoms with Crippen LogP contribution >= 0.6 is 0 Å². The van der Waals surface area contributed by atoms with Crippen molar-refractivity contribution in [2.75, 3.05) is 0 Å². The van der Waals surface area contributed by atoms with E-state index in [9.17, 15) is 23.5 Å². The second-order valence-corrected chi connectivity index (χ2v) is 5.06. The minimum absolute atomic E-state index is 0.0820. The molecule has 0 heterocycles. The first-order valence-electron chi connectivity index (χ1n) is 6.95. The van der Waals surface area contributed by atoms with E-state index < -0.39 is 29.6 Å². The molecule has 2 aromatic carbocycles. The van der Waals surface area contributed by atoms with Crippen LogP contribution in [0.4, 0.5) is 8.78 Å². The lowest BCUT2D eigenvalue weighted by Crippen LogP contribution is -2.43. The van der Waals surface area contributed by atoms with Crippen molar-refractivity contribution in [2.24, 2.45) is 0 Å². The highest BCUT2D eigenvalue weighted by Gasteiger charge is 2.21. The largest absolute Gasteiger partial charge is 0.480 e. The third-order valence-corrected chi connectivity index (χ3v) is 3.29. The molecule has 0 aliphatic rings. The van der Waals surface area contributed by atoms with Gasteiger partial charge in [0.15, 0.2) is 0 Å². The average molecular weight is 319 g/mol. The number of benzene rings is 2. The quantitative estimate of drug-likeness (QED) is 0.859. The van der Waals surface area contributed by atoms with E-state index in [0.717, 1.165) is 0 Å². The van der Waals surface area contributed by atoms with Gasteiger partial charge in [0.25, 0.3) is 0 Å². The minimum Gasteiger partial charge on any atom is -0.480 e. The Kier molecular flexibility index (Phi) is 5.41. The summed E-state index contributed by atoms with van der Waals surface area (Å²) in [7, 11) is 0. The van der Waals surface area contributed by atoms with Gasteiger partial charge in [0.2, 0.25) is 5.91 Å². The molecule has 2 aromatic rings. The lowest BCUT2D eigenvalue weighted by Gasteiger charge is -2.15. The number of aliphatic carboxylic acids is 1. The molecular formula is C17H15F2NO3. The highest BCUT2D eigenvalue weighted by atomic mass is 19.1. The molecule has 0 aliphatic carbocycles. The molecule has 0 spiro atoms. The van der Waals surface area contributed by atoms with Crippen molar-refractivity contribution < 1.29 is 23.5 Å². The number of carboxylic acid groups (broad SMARTS) is 1. The summed E-state index contributed by atoms with van der Waals surface area (Å²) in [6.07, 6.45) is -0.238. The van der Waals surface area contributed by atoms with Crippen LogP contribution in [-0.4, -0.2) is 23.0 Å². The Hall–Kier alpha value is -2.76. The van der Waals surface area contributed by atoms with Crippen LogP contribution in [0.25, 0.3) is 0 Å². The van der Waals surface area contributed by atoms with Gasteiger partial charge in [0, 0.05) is 6.42 Å². The fourth-order valence-electron chi connectivity index (χ4n) is 2.12. The molecule has 2 rings (SSSR count). The summed E-state index contributed by atoms with van der Waals surface area (Å²) < 4.78 is 26.4. The molecule has 0 aromatic heterocycles. The third kappa shape index (κ3) is 4.88. The number of carbonyl (C=O) groups is 2. The molecular weight excluding hydrogens is 304 g/mol. The number of carboxylic acids is 1. The van der Waals surface area contributed by atoms with E-state index in [1.807, 2.05) is 0 Å². The molecule has 0 bridgehead atoms. The molecule has 0 unspecified atom stereocenters. The van der Waals surface area contributed by atoms with Crippen molar-refractivity contribution in [1.82, 2.24) is 5.32 Å². The summed E-state index contributed by atoms with van der Waals surface area (Å²) in [5.74, 6) is -2.72. The maximum Gasteiger partial charge on any atom is 0.326 e. The number of nitrogens with one attached hydrogen (secondary N) is 1. The maximum absolute atomic E-state index is 13.6. The molecule has 1 atom stereocenters. The summed E-state index contributed by atoms with van der Waals surface area (Å²) >= 11 is 0. The second kappa shape index (κ2) is 7.49. The summed E-state index contributed by atoms with van der Waals surface area (Å²) in [6, 6.07) is 9.89. The van der Waals surface area contributed by atoms with Crippen molar-refractivity contribution in [3.63, 3.8) is 0 Å². The van der Waals surface area contributed by atoms with Crippen LogP contribution in [0, 0.1) is 11.6 Å². The van der Waals surface area contributed by atoms with Gasteiger partial charge in [-0.2, -0.15) is 0 Å². The second-order valence-electron chi connectivity index (χ2n) is 5.06. The maximum atomic E-state index is 13.6. The van der Waals surface area contributed by atoms with Crippen LogP contribution in [0.3, 0.4) is 0 Å². The Labute approximate surface area is 131 Å². The molecule has 0 saturated heterocycles. The molecule has 1 amide bonds. The van der Waals surface area contributed by atoms with Gasteiger partial charge in [-0.15, -0.1) is 0 Å². The minimum atomic E-state index is -1.25. The fourth-order valence-corrected chi connectivity index (χ4v) is 2.12. The molecule has 4 nitrogen and oxygen atoms in total. The zero-order chi connectivity index (χ0) is 16.8. The van der Waals surface area contributed by atoms with Crippen LogP contribution in [0.2, 0.25) is 0 Å². The van der Waals surface area contributed by atoms with Crippen LogP contribution in [0.15, 0.2) is 48.5 Å². The van der Waals surface area contributed by atoms with Crippen molar-refractivity contribution in [1.29, 1.82) is 0 Å². The highest BCUT2D eigenvalue weighted by molar-refractivity contribution is 5.85. The van der Waals surface area contributed by atoms with E-state index in [1.54, 1.807) is 6.07 Å². The number of hydrogen-bond donors (Lipinski definition) is 2. The van der Waals surface area contributed by atoms with Crippen LogP contribution < -0.4 is 5.32 Å². The average Bonchev–Trinajstić information content (AvgIpc) is 2.51. The Balaban J connectivity index is 2.01. The van der Waals surface area contributed by atoms with Gasteiger partial charge in [-0.1, -0.05) is 30.3 Å². The summed E-state index contributed by atoms with van der Waals surface area (Å²) in [5, 5.41) is 11.5. The van der Waals surface area contributed by atoms with E-state index in [2.05, 4.69) is 5.32 Å². The van der Waals surface area contributed by atoms with Crippen molar-refractivity contribution >= 4 is 11.9 Å². The van der Waals surface area contributed by atoms with E-state index in [4.69, 9.17) is 0 Å². The molecule has 120 valence electrons. The Bertz CT molecular complexity index is 701. The standard InChI is InChI=1S/C17H15F2NO3/c18-13-7-5-11(6-8-13)9-16(21)20-15(17(22)23)10-12-3-1-2-4-14(12)19/h1-8,15H,9-10H2,(H,20,21)(H,22,23)/t15-/m0/s1. The summed E-state index contributed by atoms with van der Waals surface area (Å²) in [4.78, 5) is 23.2. The zero-order valence-corrected chi connectivity index (χ0v) is 12.1. The van der Waals surface area contributed by atoms with Gasteiger partial charge in [-0.25, -0.2) is 13.6 Å². The molecule has 0 radical (unpaired) electrons. The molecule has 0 saturated carbocycles. The first-order chi connectivity index (χ1) is 11.0. The Morgan fingerprint density at radius 1 is 1.04 bits per heavy atom. The van der Waals surface area contributed by atoms with Gasteiger partial charge in [0.1, 0.15) is 17.7 Å². The number of halogens is 2. The number of hydrogen-bond acceptors (Lipinski definition) is 2. The van der Waals surface area contributed by atoms with E-state index in [-0.39, 0.29) is 18.4 Å². The molecule has 0 aliphatic heterocycles. The normalized spacial score (nSPS) is 11.7. The topological polar surface area (TPSA) is 66.4 Å². The summed E-state index contributed by atoms with van der Waals surface area (Å²) in [5.41, 5.74) is 0.765. The van der Waals surface area contributed by atoms with E-state index in [1.165, 1.54) is 42.5 Å². The van der Waals surface area contributed by atoms with Crippen LogP contribution in [-0.2, 0) is 22.4 Å². The number of carbonyl (C=O) groups excluding carboxylic acids is 1. The Morgan fingerprint density at radius 2 is 1.70 bits per heavy atom. The lowest BCUT2D eigenvalue weighted by molar-refractivity contribution is -0.141. The van der Waals surface area contributed by atoms with Gasteiger partial charge in [-0.3, -0.25) is 4.79 Å². The first-order valence-corrected chi connectivity index (χ1v) is 6.95. The predicted octanol–water partition coefficient (Wildman–Crippen LogP) is 2.32. The number of amides is 1. The monoisotopic (exact) mass is 319 g/mol. The lowest BCUT2D eigenvalue weighted by atomic mass is 10.0. The van der Waals surface area contributed by atoms with E-state index in [0.29, 0.717) is 5.56 Å². The first kappa shape index (κ1) is 16.6. The molecule has 23 heavy (non-hydrogen) atoms. The van der Waals surface area contributed by atoms with Gasteiger partial charge >= 0.3 is 5.97 Å². The molecule has 6 heteroatoms. The van der Waals surface area contributed by atoms with Crippen LogP contribution in [0.1, 0.15) is 11.1 Å². The van der Waals surface area contributed by atoms with Crippen molar-refractivity contribution in [3.05, 3.63) is 71.3 Å². The molecule has 0 fully saturated rings. The zero-order valence-electron chi connectivity index (χ0n) is 12.1. The van der Waals surface area contributed by atoms with E-state index >= 15 is 0 Å². The highest BCUT2D eigenvalue weighted by Crippen LogP contribution is 2.10. The Morgan fingerprint density at radius 3 is 2.30 bits per heavy atom. The fraction of sp³-hybridized carbons (Fsp3) is 0.176. The van der Waals surface area contributed by atoms with Crippen molar-refractivity contribution in [2.45, 2.75) is 18.9 Å². The van der Waals surface area contributed by atoms with Gasteiger partial charge in [0.05, 0.1) is 6.42 Å². The van der Waals surface area contributed by atoms with Crippen LogP contribution in [0.5, 0.6) is 0 Å². The van der Waals surface area contributed by atoms with Crippen molar-refractivity contribution in [3.8, 4) is 0 Å². The van der Waals surface area contributed by atoms with Gasteiger partial charge < -0.3 is 10.4 Å². The van der Waals surface area contributed by atoms with Gasteiger partial charge in [-0.05, 0) is 29.3 Å². The summed E-state index contributed by atoms with van der Waals surface area (Å²) in [6.45, 7) is 0. The third-order valence-electron chi connectivity index (χ3n) is 3.29. The predicted molar refractivity (Wildman–Crippen MR) is 79.8 cm³/mol. The molecule has 2 N–H and O–H groups in total.